The number of carbonyl (C=O) groups is 1. The van der Waals surface area contributed by atoms with Crippen molar-refractivity contribution in [3.05, 3.63) is 36.0 Å². The fourth-order valence-electron chi connectivity index (χ4n) is 0.974. The Morgan fingerprint density at radius 3 is 2.64 bits per heavy atom. The lowest BCUT2D eigenvalue weighted by molar-refractivity contribution is -0.132. The van der Waals surface area contributed by atoms with Crippen LogP contribution in [-0.2, 0) is 4.79 Å². The Hall–Kier alpha value is -1.42. The second kappa shape index (κ2) is 4.72. The van der Waals surface area contributed by atoms with E-state index in [1.165, 1.54) is 6.08 Å². The summed E-state index contributed by atoms with van der Waals surface area (Å²) in [5.74, 6) is -0.982. The molecule has 0 aromatic heterocycles. The lowest BCUT2D eigenvalue weighted by Gasteiger charge is -2.08. The van der Waals surface area contributed by atoms with E-state index < -0.39 is 5.97 Å². The Kier molecular flexibility index (Phi) is 3.59. The van der Waals surface area contributed by atoms with Gasteiger partial charge < -0.3 is 10.4 Å². The third-order valence-electron chi connectivity index (χ3n) is 1.69. The number of aliphatic carboxylic acids is 1. The van der Waals surface area contributed by atoms with Gasteiger partial charge in [-0.05, 0) is 19.1 Å². The molecular formula is C10H11NO2S. The molecule has 0 aliphatic rings. The van der Waals surface area contributed by atoms with Gasteiger partial charge in [0.15, 0.2) is 0 Å². The van der Waals surface area contributed by atoms with Gasteiger partial charge in [0.1, 0.15) is 5.70 Å². The number of carboxylic acids is 1. The fraction of sp³-hybridized carbons (Fsp3) is 0.100. The van der Waals surface area contributed by atoms with Crippen LogP contribution in [0.25, 0.3) is 0 Å². The molecule has 4 heteroatoms. The number of benzene rings is 1. The second-order valence-electron chi connectivity index (χ2n) is 2.65. The van der Waals surface area contributed by atoms with Crippen molar-refractivity contribution in [2.24, 2.45) is 0 Å². The first-order valence-electron chi connectivity index (χ1n) is 4.09. The van der Waals surface area contributed by atoms with E-state index in [0.717, 1.165) is 0 Å². The summed E-state index contributed by atoms with van der Waals surface area (Å²) in [6.07, 6.45) is 1.50. The summed E-state index contributed by atoms with van der Waals surface area (Å²) < 4.78 is 0. The smallest absolute Gasteiger partial charge is 0.351 e. The summed E-state index contributed by atoms with van der Waals surface area (Å²) in [7, 11) is 0. The molecular weight excluding hydrogens is 198 g/mol. The zero-order chi connectivity index (χ0) is 10.6. The maximum Gasteiger partial charge on any atom is 0.351 e. The van der Waals surface area contributed by atoms with Crippen LogP contribution in [0.2, 0.25) is 0 Å². The van der Waals surface area contributed by atoms with E-state index in [-0.39, 0.29) is 5.70 Å². The van der Waals surface area contributed by atoms with Crippen LogP contribution in [0.4, 0.5) is 5.69 Å². The molecule has 0 atom stereocenters. The normalized spacial score (nSPS) is 11.1. The summed E-state index contributed by atoms with van der Waals surface area (Å²) in [5, 5.41) is 11.6. The SMILES string of the molecule is C/C=C(\Nc1ccccc1S)C(=O)O. The van der Waals surface area contributed by atoms with E-state index in [1.807, 2.05) is 12.1 Å². The first-order valence-corrected chi connectivity index (χ1v) is 4.54. The molecule has 2 N–H and O–H groups in total. The molecule has 0 heterocycles. The average Bonchev–Trinajstić information content (AvgIpc) is 2.16. The Morgan fingerprint density at radius 1 is 1.50 bits per heavy atom. The molecule has 0 amide bonds. The quantitative estimate of drug-likeness (QED) is 0.529. The lowest BCUT2D eigenvalue weighted by atomic mass is 10.3. The standard InChI is InChI=1S/C10H11NO2S/c1-2-7(10(12)13)11-8-5-3-4-6-9(8)14/h2-6,11,14H,1H3,(H,12,13)/b7-2-. The highest BCUT2D eigenvalue weighted by atomic mass is 32.1. The van der Waals surface area contributed by atoms with Gasteiger partial charge in [-0.15, -0.1) is 12.6 Å². The number of thiol groups is 1. The molecule has 0 bridgehead atoms. The minimum absolute atomic E-state index is 0.145. The number of anilines is 1. The third kappa shape index (κ3) is 2.53. The number of allylic oxidation sites excluding steroid dienone is 1. The van der Waals surface area contributed by atoms with E-state index in [0.29, 0.717) is 10.6 Å². The van der Waals surface area contributed by atoms with Gasteiger partial charge in [-0.2, -0.15) is 0 Å². The fourth-order valence-corrected chi connectivity index (χ4v) is 1.19. The first kappa shape index (κ1) is 10.7. The van der Waals surface area contributed by atoms with E-state index in [1.54, 1.807) is 19.1 Å². The topological polar surface area (TPSA) is 49.3 Å². The molecule has 0 radical (unpaired) electrons. The molecule has 74 valence electrons. The number of nitrogens with one attached hydrogen (secondary N) is 1. The molecule has 0 saturated carbocycles. The van der Waals surface area contributed by atoms with Gasteiger partial charge in [0.2, 0.25) is 0 Å². The molecule has 1 rings (SSSR count). The maximum absolute atomic E-state index is 10.7. The van der Waals surface area contributed by atoms with Gasteiger partial charge in [0, 0.05) is 4.90 Å². The predicted octanol–water partition coefficient (Wildman–Crippen LogP) is 2.38. The largest absolute Gasteiger partial charge is 0.477 e. The van der Waals surface area contributed by atoms with E-state index in [2.05, 4.69) is 17.9 Å². The lowest BCUT2D eigenvalue weighted by Crippen LogP contribution is -2.10. The van der Waals surface area contributed by atoms with Gasteiger partial charge in [-0.1, -0.05) is 18.2 Å². The minimum atomic E-state index is -0.982. The van der Waals surface area contributed by atoms with Gasteiger partial charge >= 0.3 is 5.97 Å². The maximum atomic E-state index is 10.7. The van der Waals surface area contributed by atoms with Crippen LogP contribution >= 0.6 is 12.6 Å². The van der Waals surface area contributed by atoms with Gasteiger partial charge in [-0.3, -0.25) is 0 Å². The van der Waals surface area contributed by atoms with Crippen LogP contribution in [0.3, 0.4) is 0 Å². The van der Waals surface area contributed by atoms with E-state index in [4.69, 9.17) is 5.11 Å². The summed E-state index contributed by atoms with van der Waals surface area (Å²) in [6, 6.07) is 7.22. The van der Waals surface area contributed by atoms with E-state index in [9.17, 15) is 4.79 Å². The predicted molar refractivity (Wildman–Crippen MR) is 58.7 cm³/mol. The molecule has 0 spiro atoms. The Balaban J connectivity index is 2.88. The van der Waals surface area contributed by atoms with E-state index >= 15 is 0 Å². The summed E-state index contributed by atoms with van der Waals surface area (Å²) in [4.78, 5) is 11.4. The van der Waals surface area contributed by atoms with Crippen LogP contribution in [0, 0.1) is 0 Å². The molecule has 0 aliphatic carbocycles. The molecule has 3 nitrogen and oxygen atoms in total. The zero-order valence-corrected chi connectivity index (χ0v) is 8.58. The Morgan fingerprint density at radius 2 is 2.14 bits per heavy atom. The number of rotatable bonds is 3. The molecule has 0 fully saturated rings. The monoisotopic (exact) mass is 209 g/mol. The van der Waals surface area contributed by atoms with Gasteiger partial charge in [-0.25, -0.2) is 4.79 Å². The highest BCUT2D eigenvalue weighted by Gasteiger charge is 2.06. The summed E-state index contributed by atoms with van der Waals surface area (Å²) in [6.45, 7) is 1.66. The summed E-state index contributed by atoms with van der Waals surface area (Å²) >= 11 is 4.20. The van der Waals surface area contributed by atoms with Crippen LogP contribution in [0.5, 0.6) is 0 Å². The highest BCUT2D eigenvalue weighted by molar-refractivity contribution is 7.80. The van der Waals surface area contributed by atoms with Crippen molar-refractivity contribution in [1.29, 1.82) is 0 Å². The number of hydrogen-bond acceptors (Lipinski definition) is 3. The molecule has 0 unspecified atom stereocenters. The number of carboxylic acid groups (broad SMARTS) is 1. The first-order chi connectivity index (χ1) is 6.65. The van der Waals surface area contributed by atoms with Crippen LogP contribution < -0.4 is 5.32 Å². The molecule has 0 aliphatic heterocycles. The van der Waals surface area contributed by atoms with Crippen LogP contribution in [0.1, 0.15) is 6.92 Å². The Bertz CT molecular complexity index is 374. The number of hydrogen-bond donors (Lipinski definition) is 3. The second-order valence-corrected chi connectivity index (χ2v) is 3.13. The van der Waals surface area contributed by atoms with Crippen molar-refractivity contribution in [2.75, 3.05) is 5.32 Å². The highest BCUT2D eigenvalue weighted by Crippen LogP contribution is 2.20. The zero-order valence-electron chi connectivity index (χ0n) is 7.69. The molecule has 0 saturated heterocycles. The Labute approximate surface area is 87.9 Å². The number of para-hydroxylation sites is 1. The summed E-state index contributed by atoms with van der Waals surface area (Å²) in [5.41, 5.74) is 0.831. The van der Waals surface area contributed by atoms with Crippen LogP contribution in [0.15, 0.2) is 40.9 Å². The van der Waals surface area contributed by atoms with Crippen molar-refractivity contribution in [2.45, 2.75) is 11.8 Å². The third-order valence-corrected chi connectivity index (χ3v) is 2.08. The van der Waals surface area contributed by atoms with Crippen molar-refractivity contribution in [3.8, 4) is 0 Å². The van der Waals surface area contributed by atoms with Crippen LogP contribution in [-0.4, -0.2) is 11.1 Å². The molecule has 1 aromatic rings. The van der Waals surface area contributed by atoms with Crippen molar-refractivity contribution in [3.63, 3.8) is 0 Å². The molecule has 14 heavy (non-hydrogen) atoms. The van der Waals surface area contributed by atoms with Crippen molar-refractivity contribution in [1.82, 2.24) is 0 Å². The average molecular weight is 209 g/mol. The van der Waals surface area contributed by atoms with Crippen molar-refractivity contribution >= 4 is 24.3 Å². The van der Waals surface area contributed by atoms with Gasteiger partial charge in [0.25, 0.3) is 0 Å². The molecule has 1 aromatic carbocycles. The van der Waals surface area contributed by atoms with Crippen molar-refractivity contribution < 1.29 is 9.90 Å². The van der Waals surface area contributed by atoms with Gasteiger partial charge in [0.05, 0.1) is 5.69 Å². The minimum Gasteiger partial charge on any atom is -0.477 e.